The molecule has 0 aliphatic heterocycles. The molecular formula is C15H29F3N2. The van der Waals surface area contributed by atoms with Crippen molar-refractivity contribution in [3.63, 3.8) is 0 Å². The lowest BCUT2D eigenvalue weighted by Crippen LogP contribution is -2.46. The molecule has 0 saturated heterocycles. The third-order valence-corrected chi connectivity index (χ3v) is 4.10. The highest BCUT2D eigenvalue weighted by atomic mass is 19.4. The van der Waals surface area contributed by atoms with Crippen LogP contribution in [0.25, 0.3) is 0 Å². The molecule has 0 unspecified atom stereocenters. The molecule has 0 radical (unpaired) electrons. The van der Waals surface area contributed by atoms with E-state index in [9.17, 15) is 13.2 Å². The Morgan fingerprint density at radius 2 is 1.65 bits per heavy atom. The van der Waals surface area contributed by atoms with Crippen molar-refractivity contribution in [1.29, 1.82) is 0 Å². The molecule has 0 aromatic carbocycles. The van der Waals surface area contributed by atoms with Crippen molar-refractivity contribution < 1.29 is 13.2 Å². The van der Waals surface area contributed by atoms with E-state index in [0.717, 1.165) is 32.2 Å². The standard InChI is InChI=1S/C15H29F3N2/c1-13(2)19-10-14(8-6-4-5-7-9-14)11-20(3)12-15(16,17)18/h13,19H,4-12H2,1-3H3. The summed E-state index contributed by atoms with van der Waals surface area (Å²) < 4.78 is 37.6. The lowest BCUT2D eigenvalue weighted by atomic mass is 9.79. The minimum Gasteiger partial charge on any atom is -0.314 e. The largest absolute Gasteiger partial charge is 0.401 e. The van der Waals surface area contributed by atoms with E-state index in [1.165, 1.54) is 17.7 Å². The van der Waals surface area contributed by atoms with Crippen LogP contribution in [0.3, 0.4) is 0 Å². The third kappa shape index (κ3) is 6.93. The van der Waals surface area contributed by atoms with Gasteiger partial charge in [0.2, 0.25) is 0 Å². The number of nitrogens with one attached hydrogen (secondary N) is 1. The van der Waals surface area contributed by atoms with Crippen molar-refractivity contribution in [2.45, 2.75) is 64.6 Å². The number of rotatable bonds is 6. The average Bonchev–Trinajstić information content (AvgIpc) is 2.50. The van der Waals surface area contributed by atoms with Gasteiger partial charge in [-0.05, 0) is 25.3 Å². The smallest absolute Gasteiger partial charge is 0.314 e. The monoisotopic (exact) mass is 294 g/mol. The molecule has 1 fully saturated rings. The molecule has 0 aromatic heterocycles. The van der Waals surface area contributed by atoms with Gasteiger partial charge in [-0.15, -0.1) is 0 Å². The van der Waals surface area contributed by atoms with E-state index in [-0.39, 0.29) is 5.41 Å². The van der Waals surface area contributed by atoms with Gasteiger partial charge in [0.15, 0.2) is 0 Å². The Bertz CT molecular complexity index is 269. The van der Waals surface area contributed by atoms with Crippen molar-refractivity contribution in [1.82, 2.24) is 10.2 Å². The van der Waals surface area contributed by atoms with Gasteiger partial charge in [0.05, 0.1) is 6.54 Å². The molecule has 5 heteroatoms. The molecule has 1 rings (SSSR count). The van der Waals surface area contributed by atoms with Gasteiger partial charge in [-0.1, -0.05) is 39.5 Å². The highest BCUT2D eigenvalue weighted by Crippen LogP contribution is 2.35. The van der Waals surface area contributed by atoms with Gasteiger partial charge in [-0.2, -0.15) is 13.2 Å². The topological polar surface area (TPSA) is 15.3 Å². The Morgan fingerprint density at radius 3 is 2.10 bits per heavy atom. The summed E-state index contributed by atoms with van der Waals surface area (Å²) in [6.07, 6.45) is 2.67. The molecule has 0 atom stereocenters. The van der Waals surface area contributed by atoms with Crippen LogP contribution in [0.2, 0.25) is 0 Å². The molecule has 1 saturated carbocycles. The summed E-state index contributed by atoms with van der Waals surface area (Å²) in [7, 11) is 1.59. The Balaban J connectivity index is 2.65. The molecule has 2 nitrogen and oxygen atoms in total. The van der Waals surface area contributed by atoms with Crippen LogP contribution in [0.15, 0.2) is 0 Å². The molecular weight excluding hydrogens is 265 g/mol. The molecule has 0 aromatic rings. The maximum atomic E-state index is 12.5. The summed E-state index contributed by atoms with van der Waals surface area (Å²) in [6, 6.07) is 0.378. The van der Waals surface area contributed by atoms with E-state index in [1.807, 2.05) is 0 Å². The summed E-state index contributed by atoms with van der Waals surface area (Å²) in [6.45, 7) is 4.73. The first-order valence-electron chi connectivity index (χ1n) is 7.71. The fourth-order valence-corrected chi connectivity index (χ4v) is 3.22. The van der Waals surface area contributed by atoms with Crippen LogP contribution in [0.5, 0.6) is 0 Å². The zero-order valence-electron chi connectivity index (χ0n) is 13.0. The molecule has 20 heavy (non-hydrogen) atoms. The molecule has 1 N–H and O–H groups in total. The van der Waals surface area contributed by atoms with Crippen LogP contribution in [0.4, 0.5) is 13.2 Å². The molecule has 0 spiro atoms. The van der Waals surface area contributed by atoms with Crippen LogP contribution in [-0.4, -0.2) is 43.8 Å². The van der Waals surface area contributed by atoms with E-state index in [4.69, 9.17) is 0 Å². The fourth-order valence-electron chi connectivity index (χ4n) is 3.22. The van der Waals surface area contributed by atoms with E-state index < -0.39 is 12.7 Å². The predicted octanol–water partition coefficient (Wildman–Crippen LogP) is 3.82. The maximum Gasteiger partial charge on any atom is 0.401 e. The Hall–Kier alpha value is -0.290. The summed E-state index contributed by atoms with van der Waals surface area (Å²) >= 11 is 0. The van der Waals surface area contributed by atoms with Crippen LogP contribution in [-0.2, 0) is 0 Å². The van der Waals surface area contributed by atoms with E-state index in [1.54, 1.807) is 7.05 Å². The quantitative estimate of drug-likeness (QED) is 0.749. The summed E-state index contributed by atoms with van der Waals surface area (Å²) in [5.41, 5.74) is 0.000764. The van der Waals surface area contributed by atoms with Crippen LogP contribution < -0.4 is 5.32 Å². The molecule has 0 amide bonds. The number of hydrogen-bond acceptors (Lipinski definition) is 2. The SMILES string of the molecule is CC(C)NCC1(CN(C)CC(F)(F)F)CCCCCC1. The molecule has 1 aliphatic rings. The van der Waals surface area contributed by atoms with Crippen LogP contribution >= 0.6 is 0 Å². The van der Waals surface area contributed by atoms with Crippen molar-refractivity contribution in [3.8, 4) is 0 Å². The average molecular weight is 294 g/mol. The first kappa shape index (κ1) is 17.8. The lowest BCUT2D eigenvalue weighted by Gasteiger charge is -2.38. The fraction of sp³-hybridized carbons (Fsp3) is 1.00. The van der Waals surface area contributed by atoms with Gasteiger partial charge in [0.25, 0.3) is 0 Å². The van der Waals surface area contributed by atoms with E-state index >= 15 is 0 Å². The second-order valence-corrected chi connectivity index (χ2v) is 6.74. The Morgan fingerprint density at radius 1 is 1.10 bits per heavy atom. The van der Waals surface area contributed by atoms with Gasteiger partial charge in [0, 0.05) is 19.1 Å². The third-order valence-electron chi connectivity index (χ3n) is 4.10. The summed E-state index contributed by atoms with van der Waals surface area (Å²) in [5.74, 6) is 0. The second-order valence-electron chi connectivity index (χ2n) is 6.74. The van der Waals surface area contributed by atoms with Gasteiger partial charge >= 0.3 is 6.18 Å². The first-order chi connectivity index (χ1) is 9.22. The minimum absolute atomic E-state index is 0.000764. The van der Waals surface area contributed by atoms with Crippen molar-refractivity contribution in [2.75, 3.05) is 26.7 Å². The summed E-state index contributed by atoms with van der Waals surface area (Å²) in [5, 5.41) is 3.44. The highest BCUT2D eigenvalue weighted by Gasteiger charge is 2.36. The van der Waals surface area contributed by atoms with Crippen molar-refractivity contribution >= 4 is 0 Å². The first-order valence-corrected chi connectivity index (χ1v) is 7.71. The van der Waals surface area contributed by atoms with Gasteiger partial charge in [-0.25, -0.2) is 0 Å². The van der Waals surface area contributed by atoms with Crippen molar-refractivity contribution in [2.24, 2.45) is 5.41 Å². The second kappa shape index (κ2) is 7.64. The van der Waals surface area contributed by atoms with E-state index in [2.05, 4.69) is 19.2 Å². The van der Waals surface area contributed by atoms with Crippen LogP contribution in [0, 0.1) is 5.41 Å². The van der Waals surface area contributed by atoms with Gasteiger partial charge in [0.1, 0.15) is 0 Å². The normalized spacial score (nSPS) is 20.4. The van der Waals surface area contributed by atoms with Crippen molar-refractivity contribution in [3.05, 3.63) is 0 Å². The minimum atomic E-state index is -4.11. The number of halogens is 3. The number of hydrogen-bond donors (Lipinski definition) is 1. The van der Waals surface area contributed by atoms with Gasteiger partial charge in [-0.3, -0.25) is 4.90 Å². The Kier molecular flexibility index (Phi) is 6.79. The number of nitrogens with zero attached hydrogens (tertiary/aromatic N) is 1. The number of alkyl halides is 3. The van der Waals surface area contributed by atoms with E-state index in [0.29, 0.717) is 12.6 Å². The Labute approximate surface area is 121 Å². The molecule has 0 bridgehead atoms. The maximum absolute atomic E-state index is 12.5. The lowest BCUT2D eigenvalue weighted by molar-refractivity contribution is -0.146. The predicted molar refractivity (Wildman–Crippen MR) is 76.8 cm³/mol. The molecule has 0 heterocycles. The highest BCUT2D eigenvalue weighted by molar-refractivity contribution is 4.87. The van der Waals surface area contributed by atoms with Gasteiger partial charge < -0.3 is 5.32 Å². The van der Waals surface area contributed by atoms with Crippen LogP contribution in [0.1, 0.15) is 52.4 Å². The zero-order valence-corrected chi connectivity index (χ0v) is 13.0. The molecule has 1 aliphatic carbocycles. The molecule has 120 valence electrons. The summed E-state index contributed by atoms with van der Waals surface area (Å²) in [4.78, 5) is 1.45. The zero-order chi connectivity index (χ0) is 15.2.